The smallest absolute Gasteiger partial charge is 0.181 e. The maximum atomic E-state index is 11.3. The van der Waals surface area contributed by atoms with Crippen LogP contribution in [0.2, 0.25) is 0 Å². The van der Waals surface area contributed by atoms with Gasteiger partial charge in [0.1, 0.15) is 17.1 Å². The third-order valence-electron chi connectivity index (χ3n) is 10.3. The van der Waals surface area contributed by atoms with Crippen molar-refractivity contribution in [3.05, 3.63) is 157 Å². The highest BCUT2D eigenvalue weighted by Gasteiger charge is 2.24. The van der Waals surface area contributed by atoms with Crippen molar-refractivity contribution < 1.29 is 9.63 Å². The molecule has 1 N–H and O–H groups in total. The number of hydrogen-bond donors (Lipinski definition) is 1. The van der Waals surface area contributed by atoms with Crippen molar-refractivity contribution in [2.75, 3.05) is 0 Å². The first-order chi connectivity index (χ1) is 26.3. The summed E-state index contributed by atoms with van der Waals surface area (Å²) in [5, 5.41) is 12.2. The summed E-state index contributed by atoms with van der Waals surface area (Å²) in [6, 6.07) is 49.1. The summed E-state index contributed by atoms with van der Waals surface area (Å²) in [5.74, 6) is 0.826. The van der Waals surface area contributed by atoms with Crippen molar-refractivity contribution in [1.29, 1.82) is 0 Å². The number of phenolic OH excluding ortho intramolecular Hbond substituents is 1. The minimum absolute atomic E-state index is 0.0515. The first-order valence-corrected chi connectivity index (χ1v) is 18.1. The lowest BCUT2D eigenvalue weighted by Crippen LogP contribution is -2.12. The molecule has 0 amide bonds. The molecule has 0 aliphatic heterocycles. The number of nitrogens with zero attached hydrogens (tertiary/aromatic N) is 5. The van der Waals surface area contributed by atoms with Gasteiger partial charge in [-0.3, -0.25) is 9.55 Å². The molecule has 0 unspecified atom stereocenters. The first kappa shape index (κ1) is 31.7. The van der Waals surface area contributed by atoms with Gasteiger partial charge in [0.15, 0.2) is 11.2 Å². The van der Waals surface area contributed by atoms with E-state index >= 15 is 0 Å². The van der Waals surface area contributed by atoms with Crippen molar-refractivity contribution in [1.82, 2.24) is 24.1 Å². The van der Waals surface area contributed by atoms with Gasteiger partial charge in [0.05, 0.1) is 38.9 Å². The number of aromatic hydroxyl groups is 1. The second-order valence-electron chi connectivity index (χ2n) is 14.7. The van der Waals surface area contributed by atoms with Crippen molar-refractivity contribution in [2.24, 2.45) is 0 Å². The molecule has 4 heterocycles. The fraction of sp³-hybridized carbons (Fsp3) is 0.0851. The molecular formula is C47H35N5O2. The van der Waals surface area contributed by atoms with Crippen LogP contribution in [-0.2, 0) is 5.41 Å². The molecule has 7 nitrogen and oxygen atoms in total. The molecule has 0 aliphatic rings. The molecule has 0 radical (unpaired) electrons. The number of hydrogen-bond acceptors (Lipinski definition) is 5. The Morgan fingerprint density at radius 3 is 2.22 bits per heavy atom. The molecule has 0 spiro atoms. The van der Waals surface area contributed by atoms with Gasteiger partial charge >= 0.3 is 0 Å². The predicted molar refractivity (Wildman–Crippen MR) is 217 cm³/mol. The van der Waals surface area contributed by atoms with Gasteiger partial charge in [-0.05, 0) is 76.7 Å². The lowest BCUT2D eigenvalue weighted by atomic mass is 9.85. The number of benzene rings is 6. The Morgan fingerprint density at radius 1 is 0.630 bits per heavy atom. The van der Waals surface area contributed by atoms with Crippen LogP contribution in [0.4, 0.5) is 0 Å². The third-order valence-corrected chi connectivity index (χ3v) is 10.3. The molecule has 10 aromatic rings. The number of fused-ring (bicyclic) bond motifs is 6. The number of phenols is 1. The largest absolute Gasteiger partial charge is 0.507 e. The monoisotopic (exact) mass is 701 g/mol. The van der Waals surface area contributed by atoms with E-state index in [9.17, 15) is 5.11 Å². The van der Waals surface area contributed by atoms with Gasteiger partial charge in [-0.1, -0.05) is 112 Å². The van der Waals surface area contributed by atoms with Crippen LogP contribution in [0.15, 0.2) is 156 Å². The van der Waals surface area contributed by atoms with Crippen LogP contribution < -0.4 is 0 Å². The molecule has 7 heteroatoms. The number of para-hydroxylation sites is 3. The minimum Gasteiger partial charge on any atom is -0.507 e. The van der Waals surface area contributed by atoms with Gasteiger partial charge < -0.3 is 9.63 Å². The zero-order valence-electron chi connectivity index (χ0n) is 30.0. The van der Waals surface area contributed by atoms with Gasteiger partial charge in [-0.15, -0.1) is 0 Å². The summed E-state index contributed by atoms with van der Waals surface area (Å²) in [4.78, 5) is 15.2. The van der Waals surface area contributed by atoms with Crippen molar-refractivity contribution in [3.8, 4) is 56.3 Å². The van der Waals surface area contributed by atoms with E-state index in [4.69, 9.17) is 19.5 Å². The second kappa shape index (κ2) is 12.0. The van der Waals surface area contributed by atoms with E-state index < -0.39 is 0 Å². The highest BCUT2D eigenvalue weighted by Crippen LogP contribution is 2.42. The molecule has 0 saturated carbocycles. The fourth-order valence-electron chi connectivity index (χ4n) is 7.60. The average molecular weight is 702 g/mol. The zero-order chi connectivity index (χ0) is 36.6. The van der Waals surface area contributed by atoms with E-state index in [1.807, 2.05) is 54.6 Å². The zero-order valence-corrected chi connectivity index (χ0v) is 30.0. The molecule has 0 fully saturated rings. The van der Waals surface area contributed by atoms with Crippen LogP contribution >= 0.6 is 0 Å². The van der Waals surface area contributed by atoms with Gasteiger partial charge in [0, 0.05) is 22.9 Å². The van der Waals surface area contributed by atoms with Gasteiger partial charge in [-0.25, -0.2) is 9.97 Å². The Labute approximate surface area is 311 Å². The average Bonchev–Trinajstić information content (AvgIpc) is 3.88. The summed E-state index contributed by atoms with van der Waals surface area (Å²) in [7, 11) is 0. The molecule has 0 atom stereocenters. The van der Waals surface area contributed by atoms with Crippen LogP contribution in [0.3, 0.4) is 0 Å². The summed E-state index contributed by atoms with van der Waals surface area (Å²) in [6.45, 7) is 6.71. The molecule has 4 aromatic heterocycles. The maximum absolute atomic E-state index is 11.3. The number of aromatic nitrogens is 5. The Hall–Kier alpha value is -6.99. The molecule has 54 heavy (non-hydrogen) atoms. The standard InChI is InChI=1S/C47H35N5O2/c1-47(2,3)32-23-24-38(36(28-32)29-13-5-4-6-14-29)51-39-20-12-19-33(43(39)50-45(51)34-17-7-9-21-40(34)53)30-15-11-16-31(27-30)42-44-37(25-26-48-42)49-46-35-18-8-10-22-41(35)54-52(44)46/h4-28,53H,1-3H3. The second-order valence-corrected chi connectivity index (χ2v) is 14.7. The van der Waals surface area contributed by atoms with E-state index in [-0.39, 0.29) is 11.2 Å². The molecular weight excluding hydrogens is 667 g/mol. The number of imidazole rings is 2. The molecule has 10 rings (SSSR count). The summed E-state index contributed by atoms with van der Waals surface area (Å²) in [6.07, 6.45) is 1.80. The van der Waals surface area contributed by atoms with Crippen molar-refractivity contribution in [3.63, 3.8) is 0 Å². The molecule has 260 valence electrons. The predicted octanol–water partition coefficient (Wildman–Crippen LogP) is 11.6. The highest BCUT2D eigenvalue weighted by molar-refractivity contribution is 6.01. The van der Waals surface area contributed by atoms with Crippen molar-refractivity contribution in [2.45, 2.75) is 26.2 Å². The Morgan fingerprint density at radius 2 is 1.37 bits per heavy atom. The highest BCUT2D eigenvalue weighted by atomic mass is 16.5. The van der Waals surface area contributed by atoms with Crippen LogP contribution in [0, 0.1) is 0 Å². The number of rotatable bonds is 5. The Balaban J connectivity index is 1.21. The molecule has 0 saturated heterocycles. The molecule has 0 bridgehead atoms. The van der Waals surface area contributed by atoms with E-state index in [2.05, 4.69) is 110 Å². The van der Waals surface area contributed by atoms with Crippen LogP contribution in [0.1, 0.15) is 26.3 Å². The SMILES string of the molecule is CC(C)(C)c1ccc(-n2c(-c3ccccc3O)nc3c(-c4cccc(-c5nccc6nc7c8ccccc8on7c56)c4)cccc32)c(-c2ccccc2)c1. The van der Waals surface area contributed by atoms with Crippen molar-refractivity contribution >= 4 is 38.7 Å². The summed E-state index contributed by atoms with van der Waals surface area (Å²) < 4.78 is 10.3. The quantitative estimate of drug-likeness (QED) is 0.193. The van der Waals surface area contributed by atoms with E-state index in [1.165, 1.54) is 5.56 Å². The lowest BCUT2D eigenvalue weighted by Gasteiger charge is -2.23. The van der Waals surface area contributed by atoms with Gasteiger partial charge in [0.25, 0.3) is 0 Å². The van der Waals surface area contributed by atoms with E-state index in [1.54, 1.807) is 16.8 Å². The molecule has 6 aromatic carbocycles. The van der Waals surface area contributed by atoms with Crippen LogP contribution in [-0.4, -0.2) is 29.2 Å². The van der Waals surface area contributed by atoms with Crippen LogP contribution in [0.5, 0.6) is 5.75 Å². The van der Waals surface area contributed by atoms with E-state index in [0.717, 1.165) is 77.9 Å². The lowest BCUT2D eigenvalue weighted by molar-refractivity contribution is 0.423. The topological polar surface area (TPSA) is 81.4 Å². The summed E-state index contributed by atoms with van der Waals surface area (Å²) in [5.41, 5.74) is 13.6. The normalized spacial score (nSPS) is 12.1. The number of pyridine rings is 1. The molecule has 0 aliphatic carbocycles. The van der Waals surface area contributed by atoms with Crippen LogP contribution in [0.25, 0.3) is 89.3 Å². The van der Waals surface area contributed by atoms with E-state index in [0.29, 0.717) is 11.4 Å². The van der Waals surface area contributed by atoms with Gasteiger partial charge in [-0.2, -0.15) is 4.57 Å². The Bertz CT molecular complexity index is 3050. The van der Waals surface area contributed by atoms with Gasteiger partial charge in [0.2, 0.25) is 0 Å². The maximum Gasteiger partial charge on any atom is 0.181 e. The third kappa shape index (κ3) is 5.00. The first-order valence-electron chi connectivity index (χ1n) is 18.1. The minimum atomic E-state index is -0.0515. The fourth-order valence-corrected chi connectivity index (χ4v) is 7.60. The summed E-state index contributed by atoms with van der Waals surface area (Å²) >= 11 is 0. The Kier molecular flexibility index (Phi) is 7.07.